The van der Waals surface area contributed by atoms with Crippen molar-refractivity contribution in [2.45, 2.75) is 26.3 Å². The fourth-order valence-electron chi connectivity index (χ4n) is 1.25. The molecule has 0 saturated carbocycles. The third kappa shape index (κ3) is 2.77. The Labute approximate surface area is 90.3 Å². The molecule has 0 spiro atoms. The minimum Gasteiger partial charge on any atom is -0.323 e. The molecule has 14 heavy (non-hydrogen) atoms. The molecule has 0 bridgehead atoms. The molecule has 2 heteroatoms. The molecular weight excluding hydrogens is 194 g/mol. The van der Waals surface area contributed by atoms with Crippen molar-refractivity contribution < 1.29 is 0 Å². The van der Waals surface area contributed by atoms with E-state index in [2.05, 4.69) is 11.8 Å². The van der Waals surface area contributed by atoms with E-state index in [1.807, 2.05) is 32.0 Å². The first-order chi connectivity index (χ1) is 6.65. The van der Waals surface area contributed by atoms with Crippen LogP contribution in [0.5, 0.6) is 0 Å². The van der Waals surface area contributed by atoms with E-state index in [-0.39, 0.29) is 6.04 Å². The highest BCUT2D eigenvalue weighted by Gasteiger charge is 2.08. The summed E-state index contributed by atoms with van der Waals surface area (Å²) in [5.74, 6) is 5.78. The molecule has 0 radical (unpaired) electrons. The molecule has 1 aromatic carbocycles. The maximum atomic E-state index is 6.08. The second kappa shape index (κ2) is 5.05. The molecule has 1 nitrogen and oxygen atoms in total. The van der Waals surface area contributed by atoms with Gasteiger partial charge in [0.05, 0.1) is 0 Å². The summed E-state index contributed by atoms with van der Waals surface area (Å²) in [5, 5.41) is 0.732. The third-order valence-electron chi connectivity index (χ3n) is 2.05. The van der Waals surface area contributed by atoms with Crippen molar-refractivity contribution >= 4 is 11.6 Å². The lowest BCUT2D eigenvalue weighted by Gasteiger charge is -2.10. The zero-order valence-corrected chi connectivity index (χ0v) is 9.23. The maximum absolute atomic E-state index is 6.08. The highest BCUT2D eigenvalue weighted by Crippen LogP contribution is 2.24. The van der Waals surface area contributed by atoms with E-state index in [1.54, 1.807) is 0 Å². The van der Waals surface area contributed by atoms with Gasteiger partial charge in [-0.05, 0) is 31.0 Å². The molecule has 1 aromatic rings. The normalized spacial score (nSPS) is 11.7. The van der Waals surface area contributed by atoms with Gasteiger partial charge in [-0.25, -0.2) is 0 Å². The first kappa shape index (κ1) is 11.1. The van der Waals surface area contributed by atoms with E-state index >= 15 is 0 Å². The summed E-state index contributed by atoms with van der Waals surface area (Å²) < 4.78 is 0. The van der Waals surface area contributed by atoms with E-state index in [1.165, 1.54) is 0 Å². The molecule has 0 aromatic heterocycles. The number of halogens is 1. The Morgan fingerprint density at radius 3 is 2.79 bits per heavy atom. The Balaban J connectivity index is 2.88. The van der Waals surface area contributed by atoms with Crippen LogP contribution < -0.4 is 5.73 Å². The summed E-state index contributed by atoms with van der Waals surface area (Å²) in [6.45, 7) is 3.82. The van der Waals surface area contributed by atoms with Gasteiger partial charge in [-0.1, -0.05) is 23.7 Å². The van der Waals surface area contributed by atoms with Crippen LogP contribution in [0.4, 0.5) is 0 Å². The van der Waals surface area contributed by atoms with Crippen molar-refractivity contribution in [2.24, 2.45) is 5.73 Å². The largest absolute Gasteiger partial charge is 0.323 e. The van der Waals surface area contributed by atoms with Crippen molar-refractivity contribution in [1.82, 2.24) is 0 Å². The number of hydrogen-bond donors (Lipinski definition) is 1. The van der Waals surface area contributed by atoms with Crippen LogP contribution in [0.2, 0.25) is 5.02 Å². The predicted molar refractivity (Wildman–Crippen MR) is 61.2 cm³/mol. The lowest BCUT2D eigenvalue weighted by atomic mass is 10.0. The quantitative estimate of drug-likeness (QED) is 0.742. The Hall–Kier alpha value is -0.970. The Bertz CT molecular complexity index is 374. The Kier molecular flexibility index (Phi) is 4.00. The van der Waals surface area contributed by atoms with Crippen molar-refractivity contribution in [3.8, 4) is 11.8 Å². The minimum atomic E-state index is -0.0875. The predicted octanol–water partition coefficient (Wildman–Crippen LogP) is 3.06. The molecule has 0 saturated heterocycles. The van der Waals surface area contributed by atoms with Crippen LogP contribution in [-0.4, -0.2) is 0 Å². The molecule has 1 unspecified atom stereocenters. The smallest absolute Gasteiger partial charge is 0.0456 e. The van der Waals surface area contributed by atoms with Gasteiger partial charge in [0.2, 0.25) is 0 Å². The Morgan fingerprint density at radius 1 is 1.50 bits per heavy atom. The molecule has 74 valence electrons. The highest BCUT2D eigenvalue weighted by molar-refractivity contribution is 6.31. The summed E-state index contributed by atoms with van der Waals surface area (Å²) in [5.41, 5.74) is 8.06. The fourth-order valence-corrected chi connectivity index (χ4v) is 1.63. The fraction of sp³-hybridized carbons (Fsp3) is 0.333. The van der Waals surface area contributed by atoms with Gasteiger partial charge in [0.25, 0.3) is 0 Å². The van der Waals surface area contributed by atoms with Crippen LogP contribution >= 0.6 is 11.6 Å². The second-order valence-electron chi connectivity index (χ2n) is 3.26. The summed E-state index contributed by atoms with van der Waals surface area (Å²) in [4.78, 5) is 0. The topological polar surface area (TPSA) is 26.0 Å². The zero-order chi connectivity index (χ0) is 10.6. The van der Waals surface area contributed by atoms with Gasteiger partial charge in [0.1, 0.15) is 0 Å². The van der Waals surface area contributed by atoms with Crippen LogP contribution in [0.1, 0.15) is 30.5 Å². The molecule has 0 aliphatic rings. The molecule has 0 fully saturated rings. The summed E-state index contributed by atoms with van der Waals surface area (Å²) in [7, 11) is 0. The molecule has 1 atom stereocenters. The average Bonchev–Trinajstić information content (AvgIpc) is 2.14. The zero-order valence-electron chi connectivity index (χ0n) is 8.47. The molecule has 1 rings (SSSR count). The lowest BCUT2D eigenvalue weighted by molar-refractivity contribution is 0.754. The molecule has 2 N–H and O–H groups in total. The SMILES string of the molecule is CC#CCC(N)c1ccc(C)cc1Cl. The van der Waals surface area contributed by atoms with Gasteiger partial charge in [0, 0.05) is 17.5 Å². The van der Waals surface area contributed by atoms with E-state index in [4.69, 9.17) is 17.3 Å². The number of aryl methyl sites for hydroxylation is 1. The number of benzene rings is 1. The molecular formula is C12H14ClN. The van der Waals surface area contributed by atoms with Crippen LogP contribution in [0, 0.1) is 18.8 Å². The summed E-state index contributed by atoms with van der Waals surface area (Å²) in [6, 6.07) is 5.83. The summed E-state index contributed by atoms with van der Waals surface area (Å²) >= 11 is 6.08. The van der Waals surface area contributed by atoms with Crippen LogP contribution in [-0.2, 0) is 0 Å². The number of nitrogens with two attached hydrogens (primary N) is 1. The summed E-state index contributed by atoms with van der Waals surface area (Å²) in [6.07, 6.45) is 0.652. The number of hydrogen-bond acceptors (Lipinski definition) is 1. The monoisotopic (exact) mass is 207 g/mol. The van der Waals surface area contributed by atoms with E-state index in [9.17, 15) is 0 Å². The van der Waals surface area contributed by atoms with Gasteiger partial charge in [-0.2, -0.15) is 0 Å². The first-order valence-corrected chi connectivity index (χ1v) is 4.94. The van der Waals surface area contributed by atoms with Gasteiger partial charge in [-0.15, -0.1) is 11.8 Å². The van der Waals surface area contributed by atoms with Gasteiger partial charge in [0.15, 0.2) is 0 Å². The van der Waals surface area contributed by atoms with Crippen LogP contribution in [0.3, 0.4) is 0 Å². The average molecular weight is 208 g/mol. The van der Waals surface area contributed by atoms with E-state index < -0.39 is 0 Å². The molecule has 0 aliphatic carbocycles. The minimum absolute atomic E-state index is 0.0875. The first-order valence-electron chi connectivity index (χ1n) is 4.56. The van der Waals surface area contributed by atoms with E-state index in [0.29, 0.717) is 6.42 Å². The van der Waals surface area contributed by atoms with Crippen molar-refractivity contribution in [1.29, 1.82) is 0 Å². The van der Waals surface area contributed by atoms with Crippen LogP contribution in [0.15, 0.2) is 18.2 Å². The molecule has 0 aliphatic heterocycles. The molecule has 0 heterocycles. The van der Waals surface area contributed by atoms with Gasteiger partial charge >= 0.3 is 0 Å². The van der Waals surface area contributed by atoms with Crippen LogP contribution in [0.25, 0.3) is 0 Å². The number of rotatable bonds is 2. The lowest BCUT2D eigenvalue weighted by Crippen LogP contribution is -2.09. The van der Waals surface area contributed by atoms with E-state index in [0.717, 1.165) is 16.1 Å². The Morgan fingerprint density at radius 2 is 2.21 bits per heavy atom. The van der Waals surface area contributed by atoms with Crippen molar-refractivity contribution in [3.05, 3.63) is 34.3 Å². The third-order valence-corrected chi connectivity index (χ3v) is 2.38. The maximum Gasteiger partial charge on any atom is 0.0456 e. The second-order valence-corrected chi connectivity index (χ2v) is 3.67. The van der Waals surface area contributed by atoms with Crippen molar-refractivity contribution in [3.63, 3.8) is 0 Å². The van der Waals surface area contributed by atoms with Gasteiger partial charge < -0.3 is 5.73 Å². The standard InChI is InChI=1S/C12H14ClN/c1-3-4-5-12(14)10-7-6-9(2)8-11(10)13/h6-8,12H,5,14H2,1-2H3. The highest BCUT2D eigenvalue weighted by atomic mass is 35.5. The van der Waals surface area contributed by atoms with Gasteiger partial charge in [-0.3, -0.25) is 0 Å². The molecule has 0 amide bonds. The van der Waals surface area contributed by atoms with Crippen molar-refractivity contribution in [2.75, 3.05) is 0 Å².